The second-order valence-electron chi connectivity index (χ2n) is 6.28. The fraction of sp³-hybridized carbons (Fsp3) is 0.174. The van der Waals surface area contributed by atoms with Crippen LogP contribution in [0.25, 0.3) is 5.57 Å². The second kappa shape index (κ2) is 10.6. The third-order valence-corrected chi connectivity index (χ3v) is 3.72. The molecule has 0 aliphatic rings. The summed E-state index contributed by atoms with van der Waals surface area (Å²) in [5.74, 6) is 0.730. The summed E-state index contributed by atoms with van der Waals surface area (Å²) in [5.41, 5.74) is 9.78. The number of allylic oxidation sites excluding steroid dienone is 5. The van der Waals surface area contributed by atoms with Gasteiger partial charge in [0.1, 0.15) is 5.75 Å². The smallest absolute Gasteiger partial charge is 0.323 e. The minimum Gasteiger partial charge on any atom is -0.494 e. The maximum absolute atomic E-state index is 12.3. The number of benzene rings is 2. The van der Waals surface area contributed by atoms with E-state index in [1.807, 2.05) is 68.5 Å². The highest BCUT2D eigenvalue weighted by Crippen LogP contribution is 2.21. The van der Waals surface area contributed by atoms with E-state index in [-0.39, 0.29) is 6.03 Å². The number of hydrogen-bond acceptors (Lipinski definition) is 3. The molecular weight excluding hydrogens is 350 g/mol. The molecule has 0 aliphatic carbocycles. The monoisotopic (exact) mass is 377 g/mol. The summed E-state index contributed by atoms with van der Waals surface area (Å²) in [4.78, 5) is 12.3. The molecule has 146 valence electrons. The van der Waals surface area contributed by atoms with Crippen molar-refractivity contribution in [3.63, 3.8) is 0 Å². The van der Waals surface area contributed by atoms with E-state index in [0.29, 0.717) is 23.7 Å². The van der Waals surface area contributed by atoms with Crippen molar-refractivity contribution in [1.29, 1.82) is 0 Å². The van der Waals surface area contributed by atoms with Gasteiger partial charge in [-0.3, -0.25) is 0 Å². The highest BCUT2D eigenvalue weighted by molar-refractivity contribution is 6.00. The van der Waals surface area contributed by atoms with Gasteiger partial charge >= 0.3 is 6.03 Å². The van der Waals surface area contributed by atoms with Gasteiger partial charge in [0.2, 0.25) is 0 Å². The molecule has 0 unspecified atom stereocenters. The standard InChI is InChI=1S/C23H27N3O2/c1-4-7-19(15-17(3)24)18-10-12-20(13-11-18)25-23(27)26-21-8-6-9-22(16-21)28-14-5-2/h4,6-13,15-16H,1,5,14,24H2,2-3H3,(H2,25,26,27)/b17-15-,19-7+. The first-order chi connectivity index (χ1) is 13.5. The Morgan fingerprint density at radius 1 is 1.14 bits per heavy atom. The lowest BCUT2D eigenvalue weighted by molar-refractivity contribution is 0.262. The number of amides is 2. The molecule has 0 spiro atoms. The zero-order valence-electron chi connectivity index (χ0n) is 16.4. The summed E-state index contributed by atoms with van der Waals surface area (Å²) in [6.07, 6.45) is 6.41. The number of hydrogen-bond donors (Lipinski definition) is 3. The van der Waals surface area contributed by atoms with Crippen LogP contribution in [-0.4, -0.2) is 12.6 Å². The van der Waals surface area contributed by atoms with E-state index < -0.39 is 0 Å². The van der Waals surface area contributed by atoms with Crippen LogP contribution in [-0.2, 0) is 0 Å². The van der Waals surface area contributed by atoms with Crippen LogP contribution in [0, 0.1) is 0 Å². The molecule has 2 rings (SSSR count). The molecule has 0 saturated carbocycles. The van der Waals surface area contributed by atoms with Gasteiger partial charge in [0.05, 0.1) is 6.61 Å². The van der Waals surface area contributed by atoms with Crippen LogP contribution in [0.15, 0.2) is 79.0 Å². The van der Waals surface area contributed by atoms with E-state index in [2.05, 4.69) is 17.2 Å². The first-order valence-corrected chi connectivity index (χ1v) is 9.19. The molecule has 2 amide bonds. The predicted molar refractivity (Wildman–Crippen MR) is 117 cm³/mol. The van der Waals surface area contributed by atoms with Crippen LogP contribution >= 0.6 is 0 Å². The minimum absolute atomic E-state index is 0.319. The fourth-order valence-corrected chi connectivity index (χ4v) is 2.52. The zero-order valence-corrected chi connectivity index (χ0v) is 16.4. The SMILES string of the molecule is C=C/C=C(\C=C(\C)N)c1ccc(NC(=O)Nc2cccc(OCCC)c2)cc1. The van der Waals surface area contributed by atoms with Crippen molar-refractivity contribution < 1.29 is 9.53 Å². The van der Waals surface area contributed by atoms with E-state index in [0.717, 1.165) is 23.3 Å². The lowest BCUT2D eigenvalue weighted by Gasteiger charge is -2.10. The normalized spacial score (nSPS) is 11.6. The lowest BCUT2D eigenvalue weighted by atomic mass is 10.0. The first kappa shape index (κ1) is 20.8. The van der Waals surface area contributed by atoms with Gasteiger partial charge in [-0.1, -0.05) is 43.9 Å². The van der Waals surface area contributed by atoms with Crippen LogP contribution < -0.4 is 21.1 Å². The summed E-state index contributed by atoms with van der Waals surface area (Å²) in [6, 6.07) is 14.5. The molecule has 0 bridgehead atoms. The number of nitrogens with two attached hydrogens (primary N) is 1. The molecule has 0 fully saturated rings. The first-order valence-electron chi connectivity index (χ1n) is 9.19. The molecule has 0 heterocycles. The summed E-state index contributed by atoms with van der Waals surface area (Å²) in [6.45, 7) is 8.25. The minimum atomic E-state index is -0.319. The molecular formula is C23H27N3O2. The molecule has 0 atom stereocenters. The van der Waals surface area contributed by atoms with Gasteiger partial charge in [0, 0.05) is 23.1 Å². The second-order valence-corrected chi connectivity index (χ2v) is 6.28. The third kappa shape index (κ3) is 6.68. The Bertz CT molecular complexity index is 864. The summed E-state index contributed by atoms with van der Waals surface area (Å²) < 4.78 is 5.58. The number of carbonyl (C=O) groups excluding carboxylic acids is 1. The Labute approximate surface area is 166 Å². The number of urea groups is 1. The van der Waals surface area contributed by atoms with Gasteiger partial charge in [-0.05, 0) is 54.8 Å². The largest absolute Gasteiger partial charge is 0.494 e. The number of rotatable bonds is 8. The number of ether oxygens (including phenoxy) is 1. The quantitative estimate of drug-likeness (QED) is 0.528. The van der Waals surface area contributed by atoms with Crippen molar-refractivity contribution in [3.05, 3.63) is 84.6 Å². The van der Waals surface area contributed by atoms with E-state index in [4.69, 9.17) is 10.5 Å². The molecule has 28 heavy (non-hydrogen) atoms. The topological polar surface area (TPSA) is 76.4 Å². The average molecular weight is 377 g/mol. The van der Waals surface area contributed by atoms with Crippen molar-refractivity contribution in [2.75, 3.05) is 17.2 Å². The Morgan fingerprint density at radius 3 is 2.50 bits per heavy atom. The van der Waals surface area contributed by atoms with E-state index in [1.54, 1.807) is 12.1 Å². The lowest BCUT2D eigenvalue weighted by Crippen LogP contribution is -2.19. The molecule has 0 aromatic heterocycles. The van der Waals surface area contributed by atoms with Gasteiger partial charge in [0.15, 0.2) is 0 Å². The van der Waals surface area contributed by atoms with Crippen LogP contribution in [0.2, 0.25) is 0 Å². The van der Waals surface area contributed by atoms with Gasteiger partial charge in [0.25, 0.3) is 0 Å². The van der Waals surface area contributed by atoms with Crippen LogP contribution in [0.5, 0.6) is 5.75 Å². The Kier molecular flexibility index (Phi) is 7.91. The van der Waals surface area contributed by atoms with Gasteiger partial charge in [-0.25, -0.2) is 4.79 Å². The van der Waals surface area contributed by atoms with Gasteiger partial charge in [-0.2, -0.15) is 0 Å². The van der Waals surface area contributed by atoms with Crippen molar-refractivity contribution in [1.82, 2.24) is 0 Å². The third-order valence-electron chi connectivity index (χ3n) is 3.72. The highest BCUT2D eigenvalue weighted by atomic mass is 16.5. The maximum atomic E-state index is 12.3. The van der Waals surface area contributed by atoms with Gasteiger partial charge < -0.3 is 21.1 Å². The number of anilines is 2. The molecule has 0 aliphatic heterocycles. The molecule has 5 heteroatoms. The molecule has 4 N–H and O–H groups in total. The molecule has 5 nitrogen and oxygen atoms in total. The summed E-state index contributed by atoms with van der Waals surface area (Å²) in [7, 11) is 0. The molecule has 0 radical (unpaired) electrons. The maximum Gasteiger partial charge on any atom is 0.323 e. The average Bonchev–Trinajstić information content (AvgIpc) is 2.66. The van der Waals surface area contributed by atoms with Gasteiger partial charge in [-0.15, -0.1) is 0 Å². The Morgan fingerprint density at radius 2 is 1.86 bits per heavy atom. The Balaban J connectivity index is 2.02. The van der Waals surface area contributed by atoms with Crippen molar-refractivity contribution in [2.45, 2.75) is 20.3 Å². The predicted octanol–water partition coefficient (Wildman–Crippen LogP) is 5.55. The van der Waals surface area contributed by atoms with E-state index >= 15 is 0 Å². The summed E-state index contributed by atoms with van der Waals surface area (Å²) >= 11 is 0. The molecule has 0 saturated heterocycles. The van der Waals surface area contributed by atoms with E-state index in [1.165, 1.54) is 0 Å². The van der Waals surface area contributed by atoms with Crippen molar-refractivity contribution in [2.24, 2.45) is 5.73 Å². The van der Waals surface area contributed by atoms with Crippen molar-refractivity contribution >= 4 is 23.0 Å². The van der Waals surface area contributed by atoms with Crippen molar-refractivity contribution in [3.8, 4) is 5.75 Å². The number of nitrogens with one attached hydrogen (secondary N) is 2. The summed E-state index contributed by atoms with van der Waals surface area (Å²) in [5, 5.41) is 5.63. The van der Waals surface area contributed by atoms with Crippen LogP contribution in [0.1, 0.15) is 25.8 Å². The molecule has 2 aromatic rings. The van der Waals surface area contributed by atoms with E-state index in [9.17, 15) is 4.79 Å². The Hall–Kier alpha value is -3.47. The number of carbonyl (C=O) groups is 1. The fourth-order valence-electron chi connectivity index (χ4n) is 2.52. The van der Waals surface area contributed by atoms with Crippen LogP contribution in [0.4, 0.5) is 16.2 Å². The zero-order chi connectivity index (χ0) is 20.4. The molecule has 2 aromatic carbocycles. The van der Waals surface area contributed by atoms with Crippen LogP contribution in [0.3, 0.4) is 0 Å². The highest BCUT2D eigenvalue weighted by Gasteiger charge is 2.05.